The second-order valence-corrected chi connectivity index (χ2v) is 9.83. The van der Waals surface area contributed by atoms with Crippen molar-refractivity contribution in [2.24, 2.45) is 0 Å². The maximum atomic E-state index is 13.4. The molecule has 7 heteroatoms. The van der Waals surface area contributed by atoms with E-state index in [4.69, 9.17) is 27.9 Å². The van der Waals surface area contributed by atoms with Crippen LogP contribution in [0.3, 0.4) is 0 Å². The molecule has 0 bridgehead atoms. The molecule has 0 aromatic heterocycles. The molecule has 1 N–H and O–H groups in total. The Morgan fingerprint density at radius 3 is 2.33 bits per heavy atom. The maximum Gasteiger partial charge on any atom is 0.240 e. The van der Waals surface area contributed by atoms with Gasteiger partial charge in [-0.3, -0.25) is 9.69 Å². The van der Waals surface area contributed by atoms with Crippen LogP contribution >= 0.6 is 23.2 Å². The summed E-state index contributed by atoms with van der Waals surface area (Å²) in [5.74, 6) is 0.978. The highest BCUT2D eigenvalue weighted by Crippen LogP contribution is 2.27. The molecule has 3 aromatic rings. The van der Waals surface area contributed by atoms with E-state index in [-0.39, 0.29) is 11.9 Å². The molecule has 36 heavy (non-hydrogen) atoms. The van der Waals surface area contributed by atoms with Crippen molar-refractivity contribution in [2.45, 2.75) is 32.5 Å². The van der Waals surface area contributed by atoms with E-state index in [1.807, 2.05) is 78.6 Å². The van der Waals surface area contributed by atoms with Gasteiger partial charge in [0.1, 0.15) is 12.4 Å². The van der Waals surface area contributed by atoms with E-state index in [2.05, 4.69) is 10.2 Å². The van der Waals surface area contributed by atoms with Crippen LogP contribution in [-0.2, 0) is 24.4 Å². The number of halogens is 2. The first kappa shape index (κ1) is 26.5. The first-order valence-corrected chi connectivity index (χ1v) is 13.2. The Bertz CT molecular complexity index is 1120. The predicted molar refractivity (Wildman–Crippen MR) is 147 cm³/mol. The van der Waals surface area contributed by atoms with E-state index in [0.29, 0.717) is 36.2 Å². The van der Waals surface area contributed by atoms with E-state index in [1.54, 1.807) is 6.07 Å². The highest BCUT2D eigenvalue weighted by Gasteiger charge is 2.27. The Hall–Kier alpha value is -2.57. The van der Waals surface area contributed by atoms with E-state index in [1.165, 1.54) is 0 Å². The van der Waals surface area contributed by atoms with Crippen LogP contribution in [0.1, 0.15) is 23.6 Å². The summed E-state index contributed by atoms with van der Waals surface area (Å²) in [5.41, 5.74) is 3.26. The van der Waals surface area contributed by atoms with Crippen molar-refractivity contribution in [3.63, 3.8) is 0 Å². The van der Waals surface area contributed by atoms with Gasteiger partial charge in [0, 0.05) is 32.7 Å². The molecule has 1 aliphatic heterocycles. The number of benzene rings is 3. The molecule has 1 unspecified atom stereocenters. The lowest BCUT2D eigenvalue weighted by atomic mass is 10.0. The smallest absolute Gasteiger partial charge is 0.240 e. The Labute approximate surface area is 224 Å². The molecule has 5 nitrogen and oxygen atoms in total. The third-order valence-electron chi connectivity index (χ3n) is 6.47. The lowest BCUT2D eigenvalue weighted by molar-refractivity contribution is -0.135. The highest BCUT2D eigenvalue weighted by molar-refractivity contribution is 6.42. The van der Waals surface area contributed by atoms with Crippen LogP contribution < -0.4 is 10.1 Å². The lowest BCUT2D eigenvalue weighted by Gasteiger charge is -2.36. The van der Waals surface area contributed by atoms with Crippen molar-refractivity contribution >= 4 is 29.1 Å². The molecule has 4 rings (SSSR count). The molecule has 1 saturated heterocycles. The third-order valence-corrected chi connectivity index (χ3v) is 7.33. The molecule has 1 fully saturated rings. The third kappa shape index (κ3) is 7.23. The number of piperazine rings is 1. The lowest BCUT2D eigenvalue weighted by Crippen LogP contribution is -2.54. The van der Waals surface area contributed by atoms with E-state index in [0.717, 1.165) is 48.6 Å². The molecular formula is C29H33Cl2N3O2. The van der Waals surface area contributed by atoms with Crippen LogP contribution in [0.4, 0.5) is 0 Å². The summed E-state index contributed by atoms with van der Waals surface area (Å²) in [6, 6.07) is 23.6. The summed E-state index contributed by atoms with van der Waals surface area (Å²) in [6.07, 6.45) is 0.643. The molecule has 0 saturated carbocycles. The van der Waals surface area contributed by atoms with Crippen LogP contribution in [-0.4, -0.2) is 54.5 Å². The number of carbonyl (C=O) groups excluding carboxylic acids is 1. The normalized spacial score (nSPS) is 15.0. The molecular weight excluding hydrogens is 493 g/mol. The van der Waals surface area contributed by atoms with E-state index in [9.17, 15) is 4.79 Å². The van der Waals surface area contributed by atoms with Gasteiger partial charge in [-0.05, 0) is 47.9 Å². The minimum absolute atomic E-state index is 0.154. The van der Waals surface area contributed by atoms with Gasteiger partial charge >= 0.3 is 0 Å². The van der Waals surface area contributed by atoms with Crippen molar-refractivity contribution < 1.29 is 9.53 Å². The molecule has 0 spiro atoms. The van der Waals surface area contributed by atoms with Gasteiger partial charge < -0.3 is 15.0 Å². The number of hydrogen-bond acceptors (Lipinski definition) is 4. The number of hydrogen-bond donors (Lipinski definition) is 1. The van der Waals surface area contributed by atoms with Gasteiger partial charge in [0.15, 0.2) is 0 Å². The van der Waals surface area contributed by atoms with Gasteiger partial charge in [0.2, 0.25) is 5.91 Å². The first-order chi connectivity index (χ1) is 17.5. The Kier molecular flexibility index (Phi) is 9.65. The summed E-state index contributed by atoms with van der Waals surface area (Å²) < 4.78 is 5.90. The first-order valence-electron chi connectivity index (χ1n) is 12.5. The number of rotatable bonds is 10. The molecule has 1 aliphatic rings. The quantitative estimate of drug-likeness (QED) is 0.382. The average Bonchev–Trinajstić information content (AvgIpc) is 2.91. The number of amides is 1. The van der Waals surface area contributed by atoms with Crippen molar-refractivity contribution in [1.82, 2.24) is 15.1 Å². The maximum absolute atomic E-state index is 13.4. The van der Waals surface area contributed by atoms with Crippen LogP contribution in [0.5, 0.6) is 5.75 Å². The van der Waals surface area contributed by atoms with Gasteiger partial charge in [-0.25, -0.2) is 0 Å². The van der Waals surface area contributed by atoms with Gasteiger partial charge in [0.05, 0.1) is 16.1 Å². The van der Waals surface area contributed by atoms with Crippen LogP contribution in [0.2, 0.25) is 10.0 Å². The van der Waals surface area contributed by atoms with Crippen molar-refractivity contribution in [2.75, 3.05) is 32.7 Å². The summed E-state index contributed by atoms with van der Waals surface area (Å²) >= 11 is 12.5. The number of ether oxygens (including phenoxy) is 1. The molecule has 1 heterocycles. The van der Waals surface area contributed by atoms with Gasteiger partial charge in [-0.2, -0.15) is 0 Å². The van der Waals surface area contributed by atoms with Crippen molar-refractivity contribution in [3.8, 4) is 5.75 Å². The number of likely N-dealkylation sites (N-methyl/N-ethyl adjacent to an activating group) is 1. The van der Waals surface area contributed by atoms with Crippen molar-refractivity contribution in [3.05, 3.63) is 99.5 Å². The monoisotopic (exact) mass is 525 g/mol. The zero-order valence-corrected chi connectivity index (χ0v) is 22.1. The molecule has 3 aromatic carbocycles. The summed E-state index contributed by atoms with van der Waals surface area (Å²) in [4.78, 5) is 17.7. The summed E-state index contributed by atoms with van der Waals surface area (Å²) in [7, 11) is 0. The Morgan fingerprint density at radius 1 is 0.917 bits per heavy atom. The second-order valence-electron chi connectivity index (χ2n) is 9.05. The summed E-state index contributed by atoms with van der Waals surface area (Å²) in [5, 5.41) is 4.57. The molecule has 1 atom stereocenters. The van der Waals surface area contributed by atoms with Crippen molar-refractivity contribution in [1.29, 1.82) is 0 Å². The molecule has 1 amide bonds. The van der Waals surface area contributed by atoms with E-state index < -0.39 is 0 Å². The standard InChI is InChI=1S/C29H33Cl2N3O2/c1-2-32-27(19-22-11-13-25(14-12-22)36-21-23-7-4-3-5-8-23)29(35)34-17-15-33(16-18-34)20-24-9-6-10-26(30)28(24)31/h3-14,27,32H,2,15-21H2,1H3. The number of nitrogens with one attached hydrogen (secondary N) is 1. The fourth-order valence-electron chi connectivity index (χ4n) is 4.45. The van der Waals surface area contributed by atoms with Gasteiger partial charge in [-0.1, -0.05) is 84.7 Å². The Balaban J connectivity index is 1.29. The van der Waals surface area contributed by atoms with Gasteiger partial charge in [-0.15, -0.1) is 0 Å². The number of nitrogens with zero attached hydrogens (tertiary/aromatic N) is 2. The molecule has 0 aliphatic carbocycles. The predicted octanol–water partition coefficient (Wildman–Crippen LogP) is 5.44. The largest absolute Gasteiger partial charge is 0.489 e. The minimum atomic E-state index is -0.250. The molecule has 190 valence electrons. The second kappa shape index (κ2) is 13.1. The van der Waals surface area contributed by atoms with Crippen LogP contribution in [0, 0.1) is 0 Å². The topological polar surface area (TPSA) is 44.8 Å². The van der Waals surface area contributed by atoms with E-state index >= 15 is 0 Å². The SMILES string of the molecule is CCNC(Cc1ccc(OCc2ccccc2)cc1)C(=O)N1CCN(Cc2cccc(Cl)c2Cl)CC1. The fraction of sp³-hybridized carbons (Fsp3) is 0.345. The zero-order chi connectivity index (χ0) is 25.3. The average molecular weight is 527 g/mol. The van der Waals surface area contributed by atoms with Gasteiger partial charge in [0.25, 0.3) is 0 Å². The zero-order valence-electron chi connectivity index (χ0n) is 20.6. The minimum Gasteiger partial charge on any atom is -0.489 e. The highest BCUT2D eigenvalue weighted by atomic mass is 35.5. The fourth-order valence-corrected chi connectivity index (χ4v) is 4.83. The van der Waals surface area contributed by atoms with Crippen LogP contribution in [0.15, 0.2) is 72.8 Å². The Morgan fingerprint density at radius 2 is 1.64 bits per heavy atom. The summed E-state index contributed by atoms with van der Waals surface area (Å²) in [6.45, 7) is 7.05. The van der Waals surface area contributed by atoms with Crippen LogP contribution in [0.25, 0.3) is 0 Å². The molecule has 0 radical (unpaired) electrons. The number of carbonyl (C=O) groups is 1.